The zero-order chi connectivity index (χ0) is 28.9. The number of aliphatic carboxylic acids is 1. The summed E-state index contributed by atoms with van der Waals surface area (Å²) in [7, 11) is 0. The summed E-state index contributed by atoms with van der Waals surface area (Å²) >= 11 is 7.59. The molecule has 5 aromatic rings. The van der Waals surface area contributed by atoms with Crippen molar-refractivity contribution in [1.29, 1.82) is 0 Å². The number of halogens is 2. The van der Waals surface area contributed by atoms with Crippen molar-refractivity contribution in [1.82, 2.24) is 24.7 Å². The molecule has 4 heterocycles. The average molecular weight is 592 g/mol. The molecule has 10 nitrogen and oxygen atoms in total. The number of nitrogens with one attached hydrogen (secondary N) is 1. The third-order valence-electron chi connectivity index (χ3n) is 7.13. The number of carboxylic acid groups (broad SMARTS) is 1. The van der Waals surface area contributed by atoms with Crippen LogP contribution in [0.5, 0.6) is 0 Å². The fourth-order valence-electron chi connectivity index (χ4n) is 5.01. The standard InChI is InChI=1S/C28H23ClFN7O3S/c1-28(27-32-16(13-41-27)6-4-8-20(38)39)21-23(31)33-25(34-24(21)35-26(28)40)22-17-10-9-15(29)11-19(17)37(36-22)12-14-5-2-3-7-18(14)30/h2-3,5,7,9-11,13H,4,6,8,12H2,1H3,(H,38,39)(H3,31,33,34,35,40). The molecule has 2 aromatic carbocycles. The van der Waals surface area contributed by atoms with Gasteiger partial charge in [0.1, 0.15) is 33.6 Å². The SMILES string of the molecule is CC1(c2nc(CCCC(=O)O)cs2)C(=O)Nc2nc(-c3nn(Cc4ccccc4F)c4cc(Cl)ccc34)nc(N)c21. The smallest absolute Gasteiger partial charge is 0.303 e. The van der Waals surface area contributed by atoms with E-state index in [1.807, 2.05) is 5.38 Å². The Morgan fingerprint density at radius 3 is 2.80 bits per heavy atom. The van der Waals surface area contributed by atoms with Gasteiger partial charge in [-0.15, -0.1) is 11.3 Å². The number of benzene rings is 2. The maximum Gasteiger partial charge on any atom is 0.303 e. The van der Waals surface area contributed by atoms with Crippen LogP contribution in [0.1, 0.15) is 41.6 Å². The Morgan fingerprint density at radius 1 is 1.22 bits per heavy atom. The monoisotopic (exact) mass is 591 g/mol. The molecular weight excluding hydrogens is 569 g/mol. The van der Waals surface area contributed by atoms with Crippen molar-refractivity contribution in [2.45, 2.75) is 38.1 Å². The van der Waals surface area contributed by atoms with E-state index in [1.165, 1.54) is 17.4 Å². The van der Waals surface area contributed by atoms with Gasteiger partial charge in [0.05, 0.1) is 23.3 Å². The van der Waals surface area contributed by atoms with Gasteiger partial charge >= 0.3 is 5.97 Å². The number of hydrogen-bond donors (Lipinski definition) is 3. The molecule has 0 fully saturated rings. The Kier molecular flexibility index (Phi) is 6.66. The predicted molar refractivity (Wildman–Crippen MR) is 153 cm³/mol. The number of nitrogens with two attached hydrogens (primary N) is 1. The van der Waals surface area contributed by atoms with Crippen LogP contribution in [0.25, 0.3) is 22.4 Å². The van der Waals surface area contributed by atoms with Crippen LogP contribution >= 0.6 is 22.9 Å². The number of thiazole rings is 1. The molecule has 3 aromatic heterocycles. The van der Waals surface area contributed by atoms with Crippen molar-refractivity contribution in [3.63, 3.8) is 0 Å². The molecule has 1 atom stereocenters. The lowest BCUT2D eigenvalue weighted by atomic mass is 9.85. The van der Waals surface area contributed by atoms with Crippen LogP contribution in [0.2, 0.25) is 5.02 Å². The van der Waals surface area contributed by atoms with Crippen molar-refractivity contribution in [3.05, 3.63) is 80.5 Å². The van der Waals surface area contributed by atoms with E-state index in [1.54, 1.807) is 48.0 Å². The number of carbonyl (C=O) groups excluding carboxylic acids is 1. The lowest BCUT2D eigenvalue weighted by molar-refractivity contribution is -0.137. The van der Waals surface area contributed by atoms with Crippen LogP contribution in [0.4, 0.5) is 16.0 Å². The Morgan fingerprint density at radius 2 is 2.02 bits per heavy atom. The number of carboxylic acids is 1. The molecule has 1 aliphatic heterocycles. The van der Waals surface area contributed by atoms with Crippen molar-refractivity contribution in [3.8, 4) is 11.5 Å². The van der Waals surface area contributed by atoms with Crippen LogP contribution in [0.3, 0.4) is 0 Å². The van der Waals surface area contributed by atoms with Gasteiger partial charge in [-0.25, -0.2) is 19.3 Å². The molecule has 0 aliphatic carbocycles. The van der Waals surface area contributed by atoms with Gasteiger partial charge in [0.25, 0.3) is 0 Å². The van der Waals surface area contributed by atoms with E-state index in [9.17, 15) is 14.0 Å². The van der Waals surface area contributed by atoms with E-state index in [-0.39, 0.29) is 42.2 Å². The number of anilines is 2. The Bertz CT molecular complexity index is 1860. The number of hydrogen-bond acceptors (Lipinski definition) is 8. The normalized spacial score (nSPS) is 16.2. The number of aromatic nitrogens is 5. The first-order valence-electron chi connectivity index (χ1n) is 12.7. The van der Waals surface area contributed by atoms with Gasteiger partial charge in [0, 0.05) is 27.8 Å². The molecule has 1 unspecified atom stereocenters. The number of aryl methyl sites for hydroxylation is 1. The summed E-state index contributed by atoms with van der Waals surface area (Å²) in [5, 5.41) is 20.0. The van der Waals surface area contributed by atoms with Gasteiger partial charge in [0.2, 0.25) is 5.91 Å². The molecule has 0 saturated carbocycles. The molecule has 0 bridgehead atoms. The summed E-state index contributed by atoms with van der Waals surface area (Å²) in [5.74, 6) is -1.03. The second-order valence-corrected chi connectivity index (χ2v) is 11.2. The molecule has 208 valence electrons. The minimum Gasteiger partial charge on any atom is -0.481 e. The number of fused-ring (bicyclic) bond motifs is 2. The molecule has 0 radical (unpaired) electrons. The van der Waals surface area contributed by atoms with Gasteiger partial charge in [-0.3, -0.25) is 14.3 Å². The highest BCUT2D eigenvalue weighted by atomic mass is 35.5. The van der Waals surface area contributed by atoms with Gasteiger partial charge in [-0.1, -0.05) is 29.8 Å². The lowest BCUT2D eigenvalue weighted by Crippen LogP contribution is -2.33. The first-order valence-corrected chi connectivity index (χ1v) is 14.0. The van der Waals surface area contributed by atoms with E-state index in [0.717, 1.165) is 0 Å². The van der Waals surface area contributed by atoms with Crippen LogP contribution < -0.4 is 11.1 Å². The fraction of sp³-hybridized carbons (Fsp3) is 0.214. The summed E-state index contributed by atoms with van der Waals surface area (Å²) in [6, 6.07) is 11.7. The summed E-state index contributed by atoms with van der Waals surface area (Å²) in [6.45, 7) is 1.87. The highest BCUT2D eigenvalue weighted by Gasteiger charge is 2.49. The molecule has 6 rings (SSSR count). The van der Waals surface area contributed by atoms with E-state index in [0.29, 0.717) is 56.3 Å². The molecular formula is C28H23ClFN7O3S. The minimum absolute atomic E-state index is 0.0357. The van der Waals surface area contributed by atoms with Crippen molar-refractivity contribution in [2.24, 2.45) is 0 Å². The molecule has 41 heavy (non-hydrogen) atoms. The maximum atomic E-state index is 14.5. The van der Waals surface area contributed by atoms with Crippen LogP contribution in [0, 0.1) is 5.82 Å². The Balaban J connectivity index is 1.40. The summed E-state index contributed by atoms with van der Waals surface area (Å²) in [5.41, 5.74) is 7.89. The van der Waals surface area contributed by atoms with Gasteiger partial charge < -0.3 is 16.2 Å². The van der Waals surface area contributed by atoms with Gasteiger partial charge in [-0.2, -0.15) is 5.10 Å². The van der Waals surface area contributed by atoms with Crippen molar-refractivity contribution < 1.29 is 19.1 Å². The number of carbonyl (C=O) groups is 2. The van der Waals surface area contributed by atoms with E-state index in [4.69, 9.17) is 27.5 Å². The maximum absolute atomic E-state index is 14.5. The Labute approximate surface area is 242 Å². The van der Waals surface area contributed by atoms with Crippen LogP contribution in [-0.4, -0.2) is 41.7 Å². The summed E-state index contributed by atoms with van der Waals surface area (Å²) < 4.78 is 16.1. The molecule has 1 amide bonds. The quantitative estimate of drug-likeness (QED) is 0.227. The highest BCUT2D eigenvalue weighted by molar-refractivity contribution is 7.10. The predicted octanol–water partition coefficient (Wildman–Crippen LogP) is 5.04. The topological polar surface area (TPSA) is 149 Å². The molecule has 0 saturated heterocycles. The molecule has 13 heteroatoms. The van der Waals surface area contributed by atoms with Gasteiger partial charge in [0.15, 0.2) is 5.82 Å². The summed E-state index contributed by atoms with van der Waals surface area (Å²) in [4.78, 5) is 38.0. The second-order valence-electron chi connectivity index (χ2n) is 9.89. The zero-order valence-electron chi connectivity index (χ0n) is 21.7. The van der Waals surface area contributed by atoms with E-state index in [2.05, 4.69) is 20.3 Å². The Hall–Kier alpha value is -4.42. The number of nitrogens with zero attached hydrogens (tertiary/aromatic N) is 5. The lowest BCUT2D eigenvalue weighted by Gasteiger charge is -2.20. The molecule has 1 aliphatic rings. The second kappa shape index (κ2) is 10.2. The molecule has 0 spiro atoms. The van der Waals surface area contributed by atoms with Gasteiger partial charge in [-0.05, 0) is 44.0 Å². The third-order valence-corrected chi connectivity index (χ3v) is 8.48. The van der Waals surface area contributed by atoms with Crippen molar-refractivity contribution >= 4 is 57.4 Å². The fourth-order valence-corrected chi connectivity index (χ4v) is 6.20. The number of rotatable bonds is 8. The number of amides is 1. The van der Waals surface area contributed by atoms with Crippen LogP contribution in [-0.2, 0) is 28.0 Å². The number of nitrogen functional groups attached to an aromatic ring is 1. The largest absolute Gasteiger partial charge is 0.481 e. The van der Waals surface area contributed by atoms with E-state index < -0.39 is 11.4 Å². The third kappa shape index (κ3) is 4.68. The summed E-state index contributed by atoms with van der Waals surface area (Å²) in [6.07, 6.45) is 0.953. The van der Waals surface area contributed by atoms with Crippen LogP contribution in [0.15, 0.2) is 47.8 Å². The minimum atomic E-state index is -1.23. The van der Waals surface area contributed by atoms with Crippen molar-refractivity contribution in [2.75, 3.05) is 11.1 Å². The first kappa shape index (κ1) is 26.8. The average Bonchev–Trinajstić information content (AvgIpc) is 3.61. The molecule has 4 N–H and O–H groups in total. The first-order chi connectivity index (χ1) is 19.6. The zero-order valence-corrected chi connectivity index (χ0v) is 23.3. The highest BCUT2D eigenvalue weighted by Crippen LogP contribution is 2.46. The van der Waals surface area contributed by atoms with E-state index >= 15 is 0 Å².